The first-order valence-electron chi connectivity index (χ1n) is 4.83. The predicted molar refractivity (Wildman–Crippen MR) is 54.2 cm³/mol. The van der Waals surface area contributed by atoms with Crippen LogP contribution in [0.4, 0.5) is 5.95 Å². The van der Waals surface area contributed by atoms with E-state index in [0.29, 0.717) is 25.6 Å². The summed E-state index contributed by atoms with van der Waals surface area (Å²) < 4.78 is 0. The van der Waals surface area contributed by atoms with E-state index in [4.69, 9.17) is 5.73 Å². The van der Waals surface area contributed by atoms with E-state index in [2.05, 4.69) is 9.97 Å². The van der Waals surface area contributed by atoms with Gasteiger partial charge in [0, 0.05) is 37.6 Å². The molecule has 1 fully saturated rings. The van der Waals surface area contributed by atoms with E-state index >= 15 is 0 Å². The number of anilines is 1. The molecule has 0 amide bonds. The molecular weight excluding hydrogens is 196 g/mol. The Bertz CT molecular complexity index is 319. The van der Waals surface area contributed by atoms with Crippen molar-refractivity contribution in [2.45, 2.75) is 18.8 Å². The van der Waals surface area contributed by atoms with Gasteiger partial charge >= 0.3 is 0 Å². The molecule has 2 rings (SSSR count). The van der Waals surface area contributed by atoms with Gasteiger partial charge in [0.1, 0.15) is 0 Å². The molecule has 1 aliphatic rings. The van der Waals surface area contributed by atoms with Crippen LogP contribution in [0.3, 0.4) is 0 Å². The molecule has 6 heteroatoms. The molecule has 4 N–H and O–H groups in total. The lowest BCUT2D eigenvalue weighted by Crippen LogP contribution is -2.23. The minimum absolute atomic E-state index is 0.364. The predicted octanol–water partition coefficient (Wildman–Crippen LogP) is -1.52. The summed E-state index contributed by atoms with van der Waals surface area (Å²) in [4.78, 5) is 9.97. The van der Waals surface area contributed by atoms with Crippen LogP contribution in [0.25, 0.3) is 0 Å². The van der Waals surface area contributed by atoms with Gasteiger partial charge in [0.15, 0.2) is 0 Å². The molecule has 1 aromatic rings. The van der Waals surface area contributed by atoms with Crippen LogP contribution in [-0.4, -0.2) is 45.5 Å². The fourth-order valence-electron chi connectivity index (χ4n) is 1.55. The van der Waals surface area contributed by atoms with Crippen molar-refractivity contribution in [3.8, 4) is 0 Å². The highest BCUT2D eigenvalue weighted by Gasteiger charge is 2.30. The first kappa shape index (κ1) is 10.3. The summed E-state index contributed by atoms with van der Waals surface area (Å²) in [6, 6.07) is 0. The van der Waals surface area contributed by atoms with E-state index in [-0.39, 0.29) is 0 Å². The third-order valence-corrected chi connectivity index (χ3v) is 2.47. The highest BCUT2D eigenvalue weighted by Crippen LogP contribution is 2.15. The molecule has 0 bridgehead atoms. The SMILES string of the molecule is NCc1cnc(N2CC(O)C(O)C2)nc1. The maximum Gasteiger partial charge on any atom is 0.225 e. The highest BCUT2D eigenvalue weighted by molar-refractivity contribution is 5.32. The lowest BCUT2D eigenvalue weighted by Gasteiger charge is -2.14. The summed E-state index contributed by atoms with van der Waals surface area (Å²) in [5, 5.41) is 18.7. The van der Waals surface area contributed by atoms with Crippen LogP contribution < -0.4 is 10.6 Å². The summed E-state index contributed by atoms with van der Waals surface area (Å²) >= 11 is 0. The van der Waals surface area contributed by atoms with Crippen LogP contribution in [0.15, 0.2) is 12.4 Å². The fraction of sp³-hybridized carbons (Fsp3) is 0.556. The Morgan fingerprint density at radius 2 is 1.80 bits per heavy atom. The lowest BCUT2D eigenvalue weighted by molar-refractivity contribution is 0.0572. The summed E-state index contributed by atoms with van der Waals surface area (Å²) in [5.74, 6) is 0.516. The van der Waals surface area contributed by atoms with Gasteiger partial charge in [-0.15, -0.1) is 0 Å². The summed E-state index contributed by atoms with van der Waals surface area (Å²) in [6.07, 6.45) is 1.87. The van der Waals surface area contributed by atoms with Crippen LogP contribution in [0.2, 0.25) is 0 Å². The van der Waals surface area contributed by atoms with Gasteiger partial charge in [-0.25, -0.2) is 9.97 Å². The quantitative estimate of drug-likeness (QED) is 0.548. The van der Waals surface area contributed by atoms with E-state index in [1.807, 2.05) is 0 Å². The van der Waals surface area contributed by atoms with Crippen molar-refractivity contribution in [3.05, 3.63) is 18.0 Å². The molecular formula is C9H14N4O2. The summed E-state index contributed by atoms with van der Waals surface area (Å²) in [6.45, 7) is 1.14. The number of aliphatic hydroxyl groups is 2. The van der Waals surface area contributed by atoms with Crippen LogP contribution in [0.5, 0.6) is 0 Å². The number of nitrogens with zero attached hydrogens (tertiary/aromatic N) is 3. The van der Waals surface area contributed by atoms with Gasteiger partial charge in [0.05, 0.1) is 12.2 Å². The standard InChI is InChI=1S/C9H14N4O2/c10-1-6-2-11-9(12-3-6)13-4-7(14)8(15)5-13/h2-3,7-8,14-15H,1,4-5,10H2. The van der Waals surface area contributed by atoms with Crippen LogP contribution in [-0.2, 0) is 6.54 Å². The molecule has 0 spiro atoms. The Morgan fingerprint density at radius 3 is 2.27 bits per heavy atom. The van der Waals surface area contributed by atoms with Crippen molar-refractivity contribution >= 4 is 5.95 Å². The van der Waals surface area contributed by atoms with E-state index in [9.17, 15) is 10.2 Å². The van der Waals surface area contributed by atoms with E-state index in [1.165, 1.54) is 0 Å². The zero-order valence-corrected chi connectivity index (χ0v) is 8.24. The molecule has 15 heavy (non-hydrogen) atoms. The Kier molecular flexibility index (Phi) is 2.81. The Balaban J connectivity index is 2.10. The number of β-amino-alcohol motifs (C(OH)–C–C–N with tert-alkyl or cyclic N) is 2. The first-order chi connectivity index (χ1) is 7.20. The average molecular weight is 210 g/mol. The smallest absolute Gasteiger partial charge is 0.225 e. The molecule has 6 nitrogen and oxygen atoms in total. The molecule has 1 saturated heterocycles. The third kappa shape index (κ3) is 2.06. The van der Waals surface area contributed by atoms with Gasteiger partial charge in [-0.1, -0.05) is 0 Å². The minimum Gasteiger partial charge on any atom is -0.388 e. The van der Waals surface area contributed by atoms with Crippen molar-refractivity contribution < 1.29 is 10.2 Å². The molecule has 1 aliphatic heterocycles. The Labute approximate surface area is 87.4 Å². The zero-order chi connectivity index (χ0) is 10.8. The molecule has 2 unspecified atom stereocenters. The zero-order valence-electron chi connectivity index (χ0n) is 8.24. The summed E-state index contributed by atoms with van der Waals surface area (Å²) in [5.41, 5.74) is 6.28. The largest absolute Gasteiger partial charge is 0.388 e. The number of rotatable bonds is 2. The van der Waals surface area contributed by atoms with Gasteiger partial charge in [-0.05, 0) is 0 Å². The van der Waals surface area contributed by atoms with Gasteiger partial charge in [0.25, 0.3) is 0 Å². The monoisotopic (exact) mass is 210 g/mol. The Morgan fingerprint density at radius 1 is 1.27 bits per heavy atom. The molecule has 0 aliphatic carbocycles. The normalized spacial score (nSPS) is 25.9. The van der Waals surface area contributed by atoms with Crippen molar-refractivity contribution in [3.63, 3.8) is 0 Å². The van der Waals surface area contributed by atoms with Crippen LogP contribution in [0.1, 0.15) is 5.56 Å². The van der Waals surface area contributed by atoms with Crippen molar-refractivity contribution in [2.75, 3.05) is 18.0 Å². The summed E-state index contributed by atoms with van der Waals surface area (Å²) in [7, 11) is 0. The third-order valence-electron chi connectivity index (χ3n) is 2.47. The topological polar surface area (TPSA) is 95.5 Å². The number of hydrogen-bond donors (Lipinski definition) is 3. The lowest BCUT2D eigenvalue weighted by atomic mass is 10.3. The maximum atomic E-state index is 9.36. The second kappa shape index (κ2) is 4.09. The van der Waals surface area contributed by atoms with Gasteiger partial charge in [-0.3, -0.25) is 0 Å². The second-order valence-corrected chi connectivity index (χ2v) is 3.64. The second-order valence-electron chi connectivity index (χ2n) is 3.64. The fourth-order valence-corrected chi connectivity index (χ4v) is 1.55. The van der Waals surface area contributed by atoms with Crippen molar-refractivity contribution in [1.29, 1.82) is 0 Å². The molecule has 1 aromatic heterocycles. The number of hydrogen-bond acceptors (Lipinski definition) is 6. The average Bonchev–Trinajstić information content (AvgIpc) is 2.59. The molecule has 0 aromatic carbocycles. The van der Waals surface area contributed by atoms with Gasteiger partial charge in [-0.2, -0.15) is 0 Å². The van der Waals surface area contributed by atoms with Gasteiger partial charge < -0.3 is 20.8 Å². The molecule has 0 radical (unpaired) electrons. The maximum absolute atomic E-state index is 9.36. The molecule has 82 valence electrons. The van der Waals surface area contributed by atoms with Crippen molar-refractivity contribution in [1.82, 2.24) is 9.97 Å². The number of aromatic nitrogens is 2. The molecule has 2 atom stereocenters. The number of aliphatic hydroxyl groups excluding tert-OH is 2. The van der Waals surface area contributed by atoms with E-state index in [0.717, 1.165) is 5.56 Å². The number of nitrogens with two attached hydrogens (primary N) is 1. The van der Waals surface area contributed by atoms with Crippen LogP contribution in [0, 0.1) is 0 Å². The molecule has 0 saturated carbocycles. The van der Waals surface area contributed by atoms with E-state index in [1.54, 1.807) is 17.3 Å². The van der Waals surface area contributed by atoms with Gasteiger partial charge in [0.2, 0.25) is 5.95 Å². The highest BCUT2D eigenvalue weighted by atomic mass is 16.3. The van der Waals surface area contributed by atoms with E-state index < -0.39 is 12.2 Å². The minimum atomic E-state index is -0.720. The Hall–Kier alpha value is -1.24. The van der Waals surface area contributed by atoms with Crippen molar-refractivity contribution in [2.24, 2.45) is 5.73 Å². The van der Waals surface area contributed by atoms with Crippen LogP contribution >= 0.6 is 0 Å². The molecule has 2 heterocycles. The first-order valence-corrected chi connectivity index (χ1v) is 4.83.